The maximum atomic E-state index is 12.3. The highest BCUT2D eigenvalue weighted by Gasteiger charge is 2.71. The summed E-state index contributed by atoms with van der Waals surface area (Å²) in [6.45, 7) is 14.2. The minimum Gasteiger partial charge on any atom is -0.394 e. The van der Waals surface area contributed by atoms with Crippen LogP contribution in [0.3, 0.4) is 0 Å². The Morgan fingerprint density at radius 2 is 1.34 bits per heavy atom. The third-order valence-corrected chi connectivity index (χ3v) is 16.6. The van der Waals surface area contributed by atoms with Gasteiger partial charge >= 0.3 is 0 Å². The van der Waals surface area contributed by atoms with Gasteiger partial charge in [0.2, 0.25) is 0 Å². The van der Waals surface area contributed by atoms with E-state index in [9.17, 15) is 51.1 Å². The molecule has 0 aromatic rings. The second-order valence-electron chi connectivity index (χ2n) is 20.1. The molecule has 0 amide bonds. The molecule has 10 N–H and O–H groups in total. The number of fused-ring (bicyclic) bond motifs is 5. The summed E-state index contributed by atoms with van der Waals surface area (Å²) >= 11 is 0. The third kappa shape index (κ3) is 7.37. The number of hydrogen-bond donors (Lipinski definition) is 10. The molecule has 324 valence electrons. The zero-order valence-electron chi connectivity index (χ0n) is 34.4. The predicted molar refractivity (Wildman–Crippen MR) is 202 cm³/mol. The fraction of sp³-hybridized carbons (Fsp3) is 0.952. The van der Waals surface area contributed by atoms with Crippen molar-refractivity contribution in [1.29, 1.82) is 0 Å². The summed E-state index contributed by atoms with van der Waals surface area (Å²) in [5.74, 6) is 0.586. The maximum Gasteiger partial charge on any atom is 0.187 e. The number of ether oxygens (including phenoxy) is 4. The molecule has 14 nitrogen and oxygen atoms in total. The fourth-order valence-electron chi connectivity index (χ4n) is 13.5. The van der Waals surface area contributed by atoms with Crippen molar-refractivity contribution in [2.24, 2.45) is 45.3 Å². The van der Waals surface area contributed by atoms with Gasteiger partial charge < -0.3 is 70.0 Å². The molecule has 6 rings (SSSR count). The summed E-state index contributed by atoms with van der Waals surface area (Å²) in [6.07, 6.45) is -5.35. The Kier molecular flexibility index (Phi) is 13.0. The van der Waals surface area contributed by atoms with Gasteiger partial charge in [0.15, 0.2) is 12.6 Å². The normalized spacial score (nSPS) is 51.8. The van der Waals surface area contributed by atoms with Gasteiger partial charge in [-0.1, -0.05) is 46.3 Å². The first-order valence-electron chi connectivity index (χ1n) is 21.0. The summed E-state index contributed by atoms with van der Waals surface area (Å²) in [5.41, 5.74) is -1.08. The third-order valence-electron chi connectivity index (χ3n) is 16.6. The van der Waals surface area contributed by atoms with Crippen LogP contribution in [0.15, 0.2) is 11.6 Å². The van der Waals surface area contributed by atoms with Crippen molar-refractivity contribution < 1.29 is 70.0 Å². The summed E-state index contributed by atoms with van der Waals surface area (Å²) in [7, 11) is 0. The molecule has 0 aromatic carbocycles. The number of allylic oxidation sites excluding steroid dienone is 1. The van der Waals surface area contributed by atoms with Crippen LogP contribution in [0, 0.1) is 45.3 Å². The predicted octanol–water partition coefficient (Wildman–Crippen LogP) is 1.12. The number of aliphatic hydroxyl groups excluding tert-OH is 9. The highest BCUT2D eigenvalue weighted by atomic mass is 16.7. The molecule has 0 radical (unpaired) electrons. The van der Waals surface area contributed by atoms with Crippen LogP contribution in [0.5, 0.6) is 0 Å². The van der Waals surface area contributed by atoms with E-state index in [4.69, 9.17) is 18.9 Å². The van der Waals surface area contributed by atoms with Crippen molar-refractivity contribution in [1.82, 2.24) is 0 Å². The first kappa shape index (κ1) is 44.7. The van der Waals surface area contributed by atoms with Gasteiger partial charge in [0.1, 0.15) is 48.8 Å². The van der Waals surface area contributed by atoms with E-state index in [1.165, 1.54) is 0 Å². The van der Waals surface area contributed by atoms with Crippen molar-refractivity contribution in [3.8, 4) is 0 Å². The van der Waals surface area contributed by atoms with E-state index in [0.717, 1.165) is 37.7 Å². The molecule has 6 fully saturated rings. The van der Waals surface area contributed by atoms with Crippen molar-refractivity contribution in [2.45, 2.75) is 185 Å². The monoisotopic (exact) mass is 800 g/mol. The molecule has 0 aromatic heterocycles. The lowest BCUT2D eigenvalue weighted by atomic mass is 9.35. The molecule has 6 aliphatic rings. The molecular weight excluding hydrogens is 728 g/mol. The minimum absolute atomic E-state index is 0.0890. The topological polar surface area (TPSA) is 239 Å². The second-order valence-corrected chi connectivity index (χ2v) is 20.1. The average molecular weight is 801 g/mol. The van der Waals surface area contributed by atoms with Gasteiger partial charge in [0.25, 0.3) is 0 Å². The van der Waals surface area contributed by atoms with E-state index >= 15 is 0 Å². The lowest BCUT2D eigenvalue weighted by Gasteiger charge is -2.71. The summed E-state index contributed by atoms with van der Waals surface area (Å²) in [6, 6.07) is 0. The highest BCUT2D eigenvalue weighted by Crippen LogP contribution is 2.76. The van der Waals surface area contributed by atoms with Crippen LogP contribution in [-0.2, 0) is 18.9 Å². The zero-order valence-corrected chi connectivity index (χ0v) is 34.4. The number of hydrogen-bond acceptors (Lipinski definition) is 14. The Bertz CT molecular complexity index is 1390. The van der Waals surface area contributed by atoms with E-state index in [1.54, 1.807) is 0 Å². The van der Waals surface area contributed by atoms with E-state index in [0.29, 0.717) is 31.6 Å². The van der Waals surface area contributed by atoms with E-state index in [2.05, 4.69) is 34.6 Å². The highest BCUT2D eigenvalue weighted by molar-refractivity contribution is 5.20. The summed E-state index contributed by atoms with van der Waals surface area (Å²) in [4.78, 5) is 0. The Hall–Kier alpha value is -0.820. The van der Waals surface area contributed by atoms with Gasteiger partial charge in [0.05, 0.1) is 37.6 Å². The molecule has 2 saturated heterocycles. The largest absolute Gasteiger partial charge is 0.394 e. The van der Waals surface area contributed by atoms with Crippen LogP contribution in [-0.4, -0.2) is 150 Å². The standard InChI is InChI=1S/C42H72O14/c1-21(20-53-36-33(50)31(48)29(46)25(18-43)54-36)9-8-14-42(7,52)23-12-16-40(5)22(23)10-11-27-39(4)15-13-28(38(2,3)35(39)24(45)17-41(27,40)6)56-37-34(51)32(49)30(47)26(19-44)55-37/h9,22-37,43-52H,8,10-20H2,1-7H3. The fourth-order valence-corrected chi connectivity index (χ4v) is 13.5. The Balaban J connectivity index is 1.11. The average Bonchev–Trinajstić information content (AvgIpc) is 3.50. The van der Waals surface area contributed by atoms with Crippen molar-refractivity contribution in [2.75, 3.05) is 19.8 Å². The summed E-state index contributed by atoms with van der Waals surface area (Å²) < 4.78 is 23.3. The lowest BCUT2D eigenvalue weighted by Crippen LogP contribution is -2.68. The van der Waals surface area contributed by atoms with Crippen LogP contribution in [0.25, 0.3) is 0 Å². The quantitative estimate of drug-likeness (QED) is 0.104. The van der Waals surface area contributed by atoms with Crippen molar-refractivity contribution in [3.05, 3.63) is 11.6 Å². The van der Waals surface area contributed by atoms with Crippen molar-refractivity contribution >= 4 is 0 Å². The Labute approximate surface area is 331 Å². The van der Waals surface area contributed by atoms with Crippen LogP contribution in [0.4, 0.5) is 0 Å². The molecule has 2 aliphatic heterocycles. The summed E-state index contributed by atoms with van der Waals surface area (Å²) in [5, 5.41) is 106. The van der Waals surface area contributed by atoms with E-state index < -0.39 is 97.8 Å². The molecule has 2 heterocycles. The zero-order chi connectivity index (χ0) is 41.3. The molecule has 4 saturated carbocycles. The molecular formula is C42H72O14. The minimum atomic E-state index is -1.52. The first-order chi connectivity index (χ1) is 26.1. The molecule has 4 aliphatic carbocycles. The molecule has 14 heteroatoms. The molecule has 20 atom stereocenters. The lowest BCUT2D eigenvalue weighted by molar-refractivity contribution is -0.335. The first-order valence-corrected chi connectivity index (χ1v) is 21.0. The van der Waals surface area contributed by atoms with Gasteiger partial charge in [0, 0.05) is 0 Å². The van der Waals surface area contributed by atoms with E-state index in [-0.39, 0.29) is 40.6 Å². The smallest absolute Gasteiger partial charge is 0.187 e. The second kappa shape index (κ2) is 16.2. The molecule has 20 unspecified atom stereocenters. The Morgan fingerprint density at radius 1 is 0.750 bits per heavy atom. The van der Waals surface area contributed by atoms with Crippen LogP contribution >= 0.6 is 0 Å². The SMILES string of the molecule is CC(=CCCC(C)(O)C1CCC2(C)C1CCC1C3(C)CCC(OC4OC(CO)C(O)C(O)C4O)C(C)(C)C3C(O)CC12C)COC1OC(CO)C(O)C(O)C1O. The molecule has 56 heavy (non-hydrogen) atoms. The molecule has 0 spiro atoms. The van der Waals surface area contributed by atoms with Crippen LogP contribution in [0.2, 0.25) is 0 Å². The van der Waals surface area contributed by atoms with Crippen LogP contribution < -0.4 is 0 Å². The van der Waals surface area contributed by atoms with Gasteiger partial charge in [-0.2, -0.15) is 0 Å². The van der Waals surface area contributed by atoms with Crippen molar-refractivity contribution in [3.63, 3.8) is 0 Å². The number of aliphatic hydroxyl groups is 10. The number of rotatable bonds is 11. The van der Waals surface area contributed by atoms with Gasteiger partial charge in [-0.25, -0.2) is 0 Å². The maximum absolute atomic E-state index is 12.3. The Morgan fingerprint density at radius 3 is 1.95 bits per heavy atom. The van der Waals surface area contributed by atoms with E-state index in [1.807, 2.05) is 19.9 Å². The van der Waals surface area contributed by atoms with Gasteiger partial charge in [-0.05, 0) is 117 Å². The van der Waals surface area contributed by atoms with Gasteiger partial charge in [-0.15, -0.1) is 0 Å². The van der Waals surface area contributed by atoms with Crippen LogP contribution in [0.1, 0.15) is 106 Å². The van der Waals surface area contributed by atoms with Gasteiger partial charge in [-0.3, -0.25) is 0 Å². The molecule has 0 bridgehead atoms.